The van der Waals surface area contributed by atoms with Crippen molar-refractivity contribution in [1.29, 1.82) is 0 Å². The summed E-state index contributed by atoms with van der Waals surface area (Å²) in [5, 5.41) is 0. The van der Waals surface area contributed by atoms with E-state index in [-0.39, 0.29) is 36.0 Å². The monoisotopic (exact) mass is 798 g/mol. The Labute approximate surface area is 355 Å². The molecule has 2 aliphatic heterocycles. The van der Waals surface area contributed by atoms with Gasteiger partial charge in [0.05, 0.1) is 13.1 Å². The Morgan fingerprint density at radius 1 is 0.583 bits per heavy atom. The highest BCUT2D eigenvalue weighted by Crippen LogP contribution is 2.49. The van der Waals surface area contributed by atoms with Crippen LogP contribution in [0.25, 0.3) is 0 Å². The van der Waals surface area contributed by atoms with Crippen molar-refractivity contribution in [1.82, 2.24) is 4.58 Å². The fourth-order valence-corrected chi connectivity index (χ4v) is 8.71. The maximum absolute atomic E-state index is 12.4. The molecule has 0 spiro atoms. The molecule has 0 saturated heterocycles. The number of fused-ring (bicyclic) bond motifs is 2. The van der Waals surface area contributed by atoms with Crippen molar-refractivity contribution in [2.24, 2.45) is 0 Å². The Hall–Kier alpha value is -6.47. The number of ether oxygens (including phenoxy) is 2. The van der Waals surface area contributed by atoms with Crippen molar-refractivity contribution < 1.29 is 19.1 Å². The number of carbonyl (C=O) groups excluding carboxylic acids is 2. The minimum Gasteiger partial charge on any atom is -0.460 e. The Balaban J connectivity index is 1.36. The normalized spacial score (nSPS) is 18.9. The van der Waals surface area contributed by atoms with E-state index in [0.717, 1.165) is 52.7 Å². The van der Waals surface area contributed by atoms with E-state index in [1.54, 1.807) is 13.8 Å². The molecular weight excluding hydrogens is 743 g/mol. The van der Waals surface area contributed by atoms with Gasteiger partial charge >= 0.3 is 11.9 Å². The molecule has 3 aliphatic rings. The van der Waals surface area contributed by atoms with Gasteiger partial charge in [-0.2, -0.15) is 4.58 Å². The number of allylic oxidation sites excluding steroid dienone is 8. The van der Waals surface area contributed by atoms with Crippen LogP contribution in [0.15, 0.2) is 180 Å². The van der Waals surface area contributed by atoms with E-state index in [0.29, 0.717) is 24.2 Å². The van der Waals surface area contributed by atoms with Crippen LogP contribution in [0, 0.1) is 0 Å². The first kappa shape index (κ1) is 41.7. The van der Waals surface area contributed by atoms with Crippen LogP contribution in [0.4, 0.5) is 22.7 Å². The molecule has 306 valence electrons. The number of benzene rings is 4. The second kappa shape index (κ2) is 17.4. The summed E-state index contributed by atoms with van der Waals surface area (Å²) in [6.45, 7) is 21.4. The Morgan fingerprint density at radius 3 is 1.33 bits per heavy atom. The third-order valence-electron chi connectivity index (χ3n) is 11.8. The van der Waals surface area contributed by atoms with Gasteiger partial charge < -0.3 is 19.3 Å². The van der Waals surface area contributed by atoms with Crippen LogP contribution in [0.2, 0.25) is 0 Å². The second-order valence-electron chi connectivity index (χ2n) is 16.8. The van der Waals surface area contributed by atoms with E-state index < -0.39 is 0 Å². The van der Waals surface area contributed by atoms with Crippen molar-refractivity contribution in [2.75, 3.05) is 36.1 Å². The lowest BCUT2D eigenvalue weighted by Crippen LogP contribution is -2.30. The predicted octanol–water partition coefficient (Wildman–Crippen LogP) is 11.2. The maximum Gasteiger partial charge on any atom is 0.333 e. The first-order valence-electron chi connectivity index (χ1n) is 20.8. The molecule has 0 N–H and O–H groups in total. The molecule has 2 heterocycles. The second-order valence-corrected chi connectivity index (χ2v) is 16.8. The summed E-state index contributed by atoms with van der Waals surface area (Å²) in [5.74, 6) is -0.759. The Kier molecular flexibility index (Phi) is 12.1. The average molecular weight is 799 g/mol. The van der Waals surface area contributed by atoms with Crippen LogP contribution in [0.1, 0.15) is 65.5 Å². The summed E-state index contributed by atoms with van der Waals surface area (Å²) in [4.78, 5) is 29.3. The van der Waals surface area contributed by atoms with Crippen LogP contribution < -0.4 is 14.4 Å². The molecule has 4 aromatic rings. The molecule has 0 unspecified atom stereocenters. The zero-order valence-corrected chi connectivity index (χ0v) is 35.8. The molecule has 0 aromatic heterocycles. The molecule has 0 bridgehead atoms. The van der Waals surface area contributed by atoms with Crippen molar-refractivity contribution in [3.05, 3.63) is 191 Å². The van der Waals surface area contributed by atoms with Crippen LogP contribution in [-0.4, -0.2) is 44.0 Å². The Morgan fingerprint density at radius 2 is 0.950 bits per heavy atom. The molecule has 7 nitrogen and oxygen atoms in total. The summed E-state index contributed by atoms with van der Waals surface area (Å²) < 4.78 is 13.6. The van der Waals surface area contributed by atoms with E-state index in [9.17, 15) is 9.59 Å². The van der Waals surface area contributed by atoms with Gasteiger partial charge in [0.1, 0.15) is 13.2 Å². The molecule has 7 rings (SSSR count). The van der Waals surface area contributed by atoms with Gasteiger partial charge in [0.25, 0.3) is 0 Å². The molecule has 1 saturated carbocycles. The fraction of sp³-hybridized carbons (Fsp3) is 0.264. The highest BCUT2D eigenvalue weighted by Gasteiger charge is 2.42. The number of anilines is 2. The Bertz CT molecular complexity index is 2310. The van der Waals surface area contributed by atoms with Crippen LogP contribution >= 0.6 is 0 Å². The molecule has 1 fully saturated rings. The number of nitrogens with zero attached hydrogens (tertiary/aromatic N) is 3. The first-order chi connectivity index (χ1) is 28.8. The van der Waals surface area contributed by atoms with E-state index in [1.807, 2.05) is 0 Å². The molecule has 60 heavy (non-hydrogen) atoms. The van der Waals surface area contributed by atoms with Crippen molar-refractivity contribution >= 4 is 40.4 Å². The third-order valence-corrected chi connectivity index (χ3v) is 11.8. The predicted molar refractivity (Wildman–Crippen MR) is 246 cm³/mol. The number of esters is 2. The van der Waals surface area contributed by atoms with Crippen molar-refractivity contribution in [3.8, 4) is 0 Å². The first-order valence-corrected chi connectivity index (χ1v) is 20.8. The number of hydrogen-bond donors (Lipinski definition) is 0. The lowest BCUT2D eigenvalue weighted by molar-refractivity contribution is -0.139. The molecule has 7 heteroatoms. The van der Waals surface area contributed by atoms with Crippen LogP contribution in [0.3, 0.4) is 0 Å². The number of para-hydroxylation sites is 4. The lowest BCUT2D eigenvalue weighted by atomic mass is 9.83. The molecule has 0 radical (unpaired) electrons. The summed E-state index contributed by atoms with van der Waals surface area (Å²) in [6, 6.07) is 38.1. The number of rotatable bonds is 12. The van der Waals surface area contributed by atoms with Gasteiger partial charge in [-0.15, -0.1) is 0 Å². The van der Waals surface area contributed by atoms with Gasteiger partial charge in [0.2, 0.25) is 17.1 Å². The molecular formula is C53H56N3O4+. The van der Waals surface area contributed by atoms with Crippen molar-refractivity contribution in [3.63, 3.8) is 0 Å². The van der Waals surface area contributed by atoms with Gasteiger partial charge in [-0.1, -0.05) is 126 Å². The summed E-state index contributed by atoms with van der Waals surface area (Å²) in [5.41, 5.74) is 12.9. The molecule has 4 aromatic carbocycles. The topological polar surface area (TPSA) is 62.1 Å². The van der Waals surface area contributed by atoms with Gasteiger partial charge in [0.15, 0.2) is 0 Å². The third kappa shape index (κ3) is 8.22. The molecule has 1 aliphatic carbocycles. The standard InChI is InChI=1S/C53H56N3O4/c1-37(2)50(57)59-35-33-54-45-25-17-15-23-43(45)52(5,6)47(54)31-29-39-27-28-40(49(39)56(41-19-11-9-12-20-41)42-21-13-10-14-22-42)30-32-48-53(7,8)44-24-16-18-26-46(44)55(48)34-36-60-51(58)38(3)4/h9-26,29-32H,1,3,27-28,33-36H2,2,4-8H3/q+1. The minimum absolute atomic E-state index is 0.242. The van der Waals surface area contributed by atoms with E-state index in [2.05, 4.69) is 189 Å². The maximum atomic E-state index is 12.4. The van der Waals surface area contributed by atoms with Crippen LogP contribution in [0.5, 0.6) is 0 Å². The van der Waals surface area contributed by atoms with Gasteiger partial charge in [-0.25, -0.2) is 9.59 Å². The fourth-order valence-electron chi connectivity index (χ4n) is 8.71. The lowest BCUT2D eigenvalue weighted by Gasteiger charge is -2.27. The largest absolute Gasteiger partial charge is 0.460 e. The van der Waals surface area contributed by atoms with Gasteiger partial charge in [0, 0.05) is 80.2 Å². The zero-order valence-electron chi connectivity index (χ0n) is 35.8. The zero-order chi connectivity index (χ0) is 42.6. The minimum atomic E-state index is -0.380. The average Bonchev–Trinajstić information content (AvgIpc) is 3.81. The van der Waals surface area contributed by atoms with Gasteiger partial charge in [-0.3, -0.25) is 0 Å². The quantitative estimate of drug-likeness (QED) is 0.0808. The summed E-state index contributed by atoms with van der Waals surface area (Å²) in [7, 11) is 0. The smallest absolute Gasteiger partial charge is 0.333 e. The SMILES string of the molecule is C=C(C)C(=O)OCCN1C(=CC=C2CCC(=CC=C3N(CCOC(=O)C(=C)C)c4ccccc4C3(C)C)C2=[N+](c2ccccc2)c2ccccc2)C(C)(C)c2ccccc21. The van der Waals surface area contributed by atoms with E-state index >= 15 is 0 Å². The highest BCUT2D eigenvalue weighted by atomic mass is 16.5. The summed E-state index contributed by atoms with van der Waals surface area (Å²) >= 11 is 0. The number of carbonyl (C=O) groups is 2. The van der Waals surface area contributed by atoms with Gasteiger partial charge in [-0.05, 0) is 62.1 Å². The van der Waals surface area contributed by atoms with Crippen molar-refractivity contribution in [2.45, 2.75) is 65.2 Å². The summed E-state index contributed by atoms with van der Waals surface area (Å²) in [6.07, 6.45) is 10.8. The molecule has 0 atom stereocenters. The highest BCUT2D eigenvalue weighted by molar-refractivity contribution is 6.17. The van der Waals surface area contributed by atoms with E-state index in [1.165, 1.54) is 22.3 Å². The van der Waals surface area contributed by atoms with Crippen LogP contribution in [-0.2, 0) is 29.9 Å². The molecule has 0 amide bonds. The van der Waals surface area contributed by atoms with E-state index in [4.69, 9.17) is 9.47 Å². The number of hydrogen-bond acceptors (Lipinski definition) is 6.